The molecule has 0 aromatic rings. The van der Waals surface area contributed by atoms with E-state index in [1.54, 1.807) is 4.90 Å². The maximum atomic E-state index is 11.9. The van der Waals surface area contributed by atoms with Crippen LogP contribution in [0.25, 0.3) is 0 Å². The topological polar surface area (TPSA) is 52.6 Å². The molecule has 1 unspecified atom stereocenters. The molecule has 0 spiro atoms. The quantitative estimate of drug-likeness (QED) is 0.663. The second kappa shape index (κ2) is 4.62. The molecule has 0 bridgehead atoms. The first-order chi connectivity index (χ1) is 7.20. The van der Waals surface area contributed by atoms with E-state index in [9.17, 15) is 9.90 Å². The molecule has 0 radical (unpaired) electrons. The molecule has 1 atom stereocenters. The number of hydrogen-bond acceptors (Lipinski definition) is 2. The molecule has 1 saturated heterocycles. The van der Waals surface area contributed by atoms with Crippen LogP contribution >= 0.6 is 0 Å². The average Bonchev–Trinajstić information content (AvgIpc) is 2.23. The van der Waals surface area contributed by atoms with Gasteiger partial charge in [-0.3, -0.25) is 0 Å². The number of rotatable bonds is 0. The third kappa shape index (κ3) is 4.39. The molecule has 0 saturated carbocycles. The smallest absolute Gasteiger partial charge is 0.317 e. The van der Waals surface area contributed by atoms with Gasteiger partial charge in [0.2, 0.25) is 0 Å². The van der Waals surface area contributed by atoms with Crippen molar-refractivity contribution in [2.45, 2.75) is 58.1 Å². The monoisotopic (exact) mass is 228 g/mol. The van der Waals surface area contributed by atoms with Crippen molar-refractivity contribution in [3.8, 4) is 0 Å². The summed E-state index contributed by atoms with van der Waals surface area (Å²) in [6.45, 7) is 9.13. The number of nitrogens with one attached hydrogen (secondary N) is 1. The molecule has 1 fully saturated rings. The molecule has 1 aliphatic heterocycles. The first-order valence-corrected chi connectivity index (χ1v) is 5.99. The lowest BCUT2D eigenvalue weighted by Crippen LogP contribution is -2.49. The fraction of sp³-hybridized carbons (Fsp3) is 0.917. The lowest BCUT2D eigenvalue weighted by atomic mass is 9.98. The van der Waals surface area contributed by atoms with E-state index in [-0.39, 0.29) is 11.6 Å². The minimum absolute atomic E-state index is 0.0230. The van der Waals surface area contributed by atoms with Gasteiger partial charge in [0.25, 0.3) is 0 Å². The van der Waals surface area contributed by atoms with Crippen molar-refractivity contribution >= 4 is 6.03 Å². The summed E-state index contributed by atoms with van der Waals surface area (Å²) in [4.78, 5) is 13.7. The summed E-state index contributed by atoms with van der Waals surface area (Å²) in [5, 5.41) is 12.9. The Hall–Kier alpha value is -0.770. The van der Waals surface area contributed by atoms with Gasteiger partial charge in [0.05, 0.1) is 5.60 Å². The molecule has 4 heteroatoms. The Balaban J connectivity index is 2.52. The number of carbonyl (C=O) groups excluding carboxylic acids is 1. The zero-order chi connectivity index (χ0) is 12.4. The van der Waals surface area contributed by atoms with E-state index in [4.69, 9.17) is 0 Å². The summed E-state index contributed by atoms with van der Waals surface area (Å²) in [6, 6.07) is -0.0230. The summed E-state index contributed by atoms with van der Waals surface area (Å²) in [7, 11) is 0. The van der Waals surface area contributed by atoms with Crippen LogP contribution in [0.1, 0.15) is 47.0 Å². The van der Waals surface area contributed by atoms with Crippen molar-refractivity contribution in [3.05, 3.63) is 0 Å². The van der Waals surface area contributed by atoms with Crippen LogP contribution in [0.2, 0.25) is 0 Å². The van der Waals surface area contributed by atoms with Gasteiger partial charge in [0, 0.05) is 18.6 Å². The molecule has 2 amide bonds. The van der Waals surface area contributed by atoms with Gasteiger partial charge in [-0.1, -0.05) is 0 Å². The van der Waals surface area contributed by atoms with Crippen molar-refractivity contribution in [2.75, 3.05) is 13.1 Å². The van der Waals surface area contributed by atoms with Gasteiger partial charge in [-0.25, -0.2) is 4.79 Å². The van der Waals surface area contributed by atoms with E-state index in [1.165, 1.54) is 0 Å². The normalized spacial score (nSPS) is 27.4. The molecule has 0 aromatic carbocycles. The number of carbonyl (C=O) groups is 1. The number of amides is 2. The minimum atomic E-state index is -0.614. The Morgan fingerprint density at radius 3 is 2.50 bits per heavy atom. The molecule has 0 aliphatic carbocycles. The summed E-state index contributed by atoms with van der Waals surface area (Å²) in [6.07, 6.45) is 2.29. The standard InChI is InChI=1S/C12H24N2O2/c1-11(2,3)13-10(15)14-8-5-6-12(4,16)7-9-14/h16H,5-9H2,1-4H3,(H,13,15). The Morgan fingerprint density at radius 1 is 1.31 bits per heavy atom. The molecule has 1 heterocycles. The molecule has 4 nitrogen and oxygen atoms in total. The van der Waals surface area contributed by atoms with Crippen molar-refractivity contribution in [3.63, 3.8) is 0 Å². The van der Waals surface area contributed by atoms with Gasteiger partial charge >= 0.3 is 6.03 Å². The predicted molar refractivity (Wildman–Crippen MR) is 64.3 cm³/mol. The number of hydrogen-bond donors (Lipinski definition) is 2. The van der Waals surface area contributed by atoms with E-state index in [0.29, 0.717) is 13.0 Å². The highest BCUT2D eigenvalue weighted by Gasteiger charge is 2.28. The first kappa shape index (κ1) is 13.3. The number of aliphatic hydroxyl groups is 1. The number of nitrogens with zero attached hydrogens (tertiary/aromatic N) is 1. The largest absolute Gasteiger partial charge is 0.390 e. The molecule has 0 aromatic heterocycles. The Labute approximate surface area is 98.0 Å². The predicted octanol–water partition coefficient (Wildman–Crippen LogP) is 1.73. The highest BCUT2D eigenvalue weighted by molar-refractivity contribution is 5.74. The highest BCUT2D eigenvalue weighted by Crippen LogP contribution is 2.21. The fourth-order valence-electron chi connectivity index (χ4n) is 1.87. The maximum absolute atomic E-state index is 11.9. The van der Waals surface area contributed by atoms with E-state index < -0.39 is 5.60 Å². The highest BCUT2D eigenvalue weighted by atomic mass is 16.3. The van der Waals surface area contributed by atoms with Crippen LogP contribution in [-0.2, 0) is 0 Å². The van der Waals surface area contributed by atoms with Crippen molar-refractivity contribution in [2.24, 2.45) is 0 Å². The maximum Gasteiger partial charge on any atom is 0.317 e. The van der Waals surface area contributed by atoms with Crippen LogP contribution in [0.4, 0.5) is 4.79 Å². The molecule has 1 aliphatic rings. The lowest BCUT2D eigenvalue weighted by molar-refractivity contribution is 0.0456. The van der Waals surface area contributed by atoms with Crippen molar-refractivity contribution < 1.29 is 9.90 Å². The van der Waals surface area contributed by atoms with Crippen molar-refractivity contribution in [1.29, 1.82) is 0 Å². The van der Waals surface area contributed by atoms with E-state index in [1.807, 2.05) is 27.7 Å². The molecule has 2 N–H and O–H groups in total. The van der Waals surface area contributed by atoms with Gasteiger partial charge in [-0.05, 0) is 47.0 Å². The third-order valence-corrected chi connectivity index (χ3v) is 2.83. The second-order valence-corrected chi connectivity index (χ2v) is 6.02. The molecule has 16 heavy (non-hydrogen) atoms. The Bertz CT molecular complexity index is 256. The molecule has 94 valence electrons. The van der Waals surface area contributed by atoms with Gasteiger partial charge in [-0.15, -0.1) is 0 Å². The lowest BCUT2D eigenvalue weighted by Gasteiger charge is -2.28. The Morgan fingerprint density at radius 2 is 1.94 bits per heavy atom. The van der Waals surface area contributed by atoms with Crippen LogP contribution in [0.5, 0.6) is 0 Å². The first-order valence-electron chi connectivity index (χ1n) is 5.99. The Kier molecular flexibility index (Phi) is 3.84. The van der Waals surface area contributed by atoms with Crippen molar-refractivity contribution in [1.82, 2.24) is 10.2 Å². The van der Waals surface area contributed by atoms with Crippen LogP contribution in [0, 0.1) is 0 Å². The summed E-state index contributed by atoms with van der Waals surface area (Å²) < 4.78 is 0. The summed E-state index contributed by atoms with van der Waals surface area (Å²) in [5.41, 5.74) is -0.817. The van der Waals surface area contributed by atoms with Crippen LogP contribution in [0.15, 0.2) is 0 Å². The van der Waals surface area contributed by atoms with Crippen LogP contribution in [-0.4, -0.2) is 40.3 Å². The molecular weight excluding hydrogens is 204 g/mol. The zero-order valence-corrected chi connectivity index (χ0v) is 10.8. The van der Waals surface area contributed by atoms with Crippen LogP contribution < -0.4 is 5.32 Å². The van der Waals surface area contributed by atoms with E-state index >= 15 is 0 Å². The third-order valence-electron chi connectivity index (χ3n) is 2.83. The van der Waals surface area contributed by atoms with Crippen LogP contribution in [0.3, 0.4) is 0 Å². The second-order valence-electron chi connectivity index (χ2n) is 6.02. The van der Waals surface area contributed by atoms with Gasteiger partial charge < -0.3 is 15.3 Å². The summed E-state index contributed by atoms with van der Waals surface area (Å²) >= 11 is 0. The number of likely N-dealkylation sites (tertiary alicyclic amines) is 1. The zero-order valence-electron chi connectivity index (χ0n) is 10.8. The number of urea groups is 1. The average molecular weight is 228 g/mol. The summed E-state index contributed by atoms with van der Waals surface area (Å²) in [5.74, 6) is 0. The van der Waals surface area contributed by atoms with Gasteiger partial charge in [0.1, 0.15) is 0 Å². The fourth-order valence-corrected chi connectivity index (χ4v) is 1.87. The van der Waals surface area contributed by atoms with E-state index in [0.717, 1.165) is 19.4 Å². The SMILES string of the molecule is CC1(O)CCCN(C(=O)NC(C)(C)C)CC1. The van der Waals surface area contributed by atoms with E-state index in [2.05, 4.69) is 5.32 Å². The van der Waals surface area contributed by atoms with Gasteiger partial charge in [0.15, 0.2) is 0 Å². The molecule has 1 rings (SSSR count). The minimum Gasteiger partial charge on any atom is -0.390 e. The van der Waals surface area contributed by atoms with Gasteiger partial charge in [-0.2, -0.15) is 0 Å². The molecular formula is C12H24N2O2.